The molecule has 2 unspecified atom stereocenters. The van der Waals surface area contributed by atoms with Crippen molar-refractivity contribution in [2.24, 2.45) is 0 Å². The van der Waals surface area contributed by atoms with E-state index in [-0.39, 0.29) is 6.10 Å². The van der Waals surface area contributed by atoms with Crippen molar-refractivity contribution in [2.75, 3.05) is 0 Å². The minimum Gasteiger partial charge on any atom is -0.413 e. The molecule has 1 saturated carbocycles. The molecule has 4 heteroatoms. The van der Waals surface area contributed by atoms with Gasteiger partial charge in [0.2, 0.25) is 8.32 Å². The fraction of sp³-hybridized carbons (Fsp3) is 1.00. The lowest BCUT2D eigenvalue weighted by molar-refractivity contribution is 0.0438. The van der Waals surface area contributed by atoms with Gasteiger partial charge in [0, 0.05) is 12.8 Å². The molecule has 0 bridgehead atoms. The standard InChI is InChI=1S/C14H30O3Si/c1-9(2)18(10(3)4,11(5)6)17-12-7-13(15)14(16)8-12/h9-16H,7-8H2,1-6H3. The van der Waals surface area contributed by atoms with Crippen molar-refractivity contribution in [3.05, 3.63) is 0 Å². The molecular weight excluding hydrogens is 244 g/mol. The summed E-state index contributed by atoms with van der Waals surface area (Å²) in [6.07, 6.45) is -0.000287. The van der Waals surface area contributed by atoms with Gasteiger partial charge in [0.15, 0.2) is 0 Å². The molecule has 0 aromatic rings. The molecule has 1 rings (SSSR count). The number of aliphatic hydroxyl groups excluding tert-OH is 2. The van der Waals surface area contributed by atoms with Crippen molar-refractivity contribution >= 4 is 8.32 Å². The molecule has 1 fully saturated rings. The lowest BCUT2D eigenvalue weighted by Crippen LogP contribution is -2.50. The highest BCUT2D eigenvalue weighted by Gasteiger charge is 2.48. The second kappa shape index (κ2) is 6.03. The van der Waals surface area contributed by atoms with Gasteiger partial charge in [0.1, 0.15) is 0 Å². The Morgan fingerprint density at radius 1 is 0.833 bits per heavy atom. The highest BCUT2D eigenvalue weighted by atomic mass is 28.4. The third-order valence-corrected chi connectivity index (χ3v) is 10.7. The fourth-order valence-electron chi connectivity index (χ4n) is 3.74. The summed E-state index contributed by atoms with van der Waals surface area (Å²) < 4.78 is 6.54. The van der Waals surface area contributed by atoms with Crippen molar-refractivity contribution in [3.8, 4) is 0 Å². The van der Waals surface area contributed by atoms with Crippen LogP contribution in [0.2, 0.25) is 16.6 Å². The molecule has 0 aromatic heterocycles. The summed E-state index contributed by atoms with van der Waals surface area (Å²) >= 11 is 0. The Hall–Kier alpha value is 0.0969. The van der Waals surface area contributed by atoms with Gasteiger partial charge in [0.25, 0.3) is 0 Å². The zero-order valence-electron chi connectivity index (χ0n) is 12.7. The van der Waals surface area contributed by atoms with Crippen LogP contribution in [0.4, 0.5) is 0 Å². The van der Waals surface area contributed by atoms with Crippen LogP contribution in [-0.4, -0.2) is 36.8 Å². The first-order valence-electron chi connectivity index (χ1n) is 7.25. The van der Waals surface area contributed by atoms with E-state index >= 15 is 0 Å². The number of rotatable bonds is 5. The van der Waals surface area contributed by atoms with Crippen molar-refractivity contribution in [1.82, 2.24) is 0 Å². The summed E-state index contributed by atoms with van der Waals surface area (Å²) in [6.45, 7) is 13.5. The Kier molecular flexibility index (Phi) is 5.41. The second-order valence-corrected chi connectivity index (χ2v) is 12.1. The van der Waals surface area contributed by atoms with Gasteiger partial charge in [-0.25, -0.2) is 0 Å². The maximum Gasteiger partial charge on any atom is 0.200 e. The molecule has 0 saturated heterocycles. The van der Waals surface area contributed by atoms with E-state index < -0.39 is 20.5 Å². The summed E-state index contributed by atoms with van der Waals surface area (Å²) in [5, 5.41) is 19.3. The van der Waals surface area contributed by atoms with E-state index in [4.69, 9.17) is 4.43 Å². The van der Waals surface area contributed by atoms with E-state index in [2.05, 4.69) is 41.5 Å². The summed E-state index contributed by atoms with van der Waals surface area (Å²) in [4.78, 5) is 0. The van der Waals surface area contributed by atoms with Crippen LogP contribution in [0, 0.1) is 0 Å². The normalized spacial score (nSPS) is 29.8. The molecule has 0 aliphatic heterocycles. The van der Waals surface area contributed by atoms with Crippen molar-refractivity contribution in [2.45, 2.75) is 89.3 Å². The van der Waals surface area contributed by atoms with Crippen LogP contribution in [0.25, 0.3) is 0 Å². The maximum atomic E-state index is 9.67. The fourth-order valence-corrected chi connectivity index (χ4v) is 9.33. The molecule has 0 heterocycles. The van der Waals surface area contributed by atoms with E-state index in [1.54, 1.807) is 0 Å². The molecule has 3 nitrogen and oxygen atoms in total. The number of hydrogen-bond donors (Lipinski definition) is 2. The average molecular weight is 274 g/mol. The molecule has 0 radical (unpaired) electrons. The summed E-state index contributed by atoms with van der Waals surface area (Å²) in [5.74, 6) is 0. The van der Waals surface area contributed by atoms with Crippen LogP contribution in [-0.2, 0) is 4.43 Å². The van der Waals surface area contributed by atoms with Gasteiger partial charge in [-0.3, -0.25) is 0 Å². The summed E-state index contributed by atoms with van der Waals surface area (Å²) in [5.41, 5.74) is 1.65. The van der Waals surface area contributed by atoms with E-state index in [1.165, 1.54) is 0 Å². The topological polar surface area (TPSA) is 49.7 Å². The molecule has 1 aliphatic carbocycles. The van der Waals surface area contributed by atoms with Gasteiger partial charge < -0.3 is 14.6 Å². The molecular formula is C14H30O3Si. The van der Waals surface area contributed by atoms with E-state index in [0.717, 1.165) is 0 Å². The maximum absolute atomic E-state index is 9.67. The number of hydrogen-bond acceptors (Lipinski definition) is 3. The molecule has 0 amide bonds. The first-order valence-corrected chi connectivity index (χ1v) is 9.39. The lowest BCUT2D eigenvalue weighted by Gasteiger charge is -2.44. The van der Waals surface area contributed by atoms with Crippen LogP contribution in [0.5, 0.6) is 0 Å². The van der Waals surface area contributed by atoms with Crippen LogP contribution < -0.4 is 0 Å². The third-order valence-electron chi connectivity index (χ3n) is 4.53. The van der Waals surface area contributed by atoms with Crippen molar-refractivity contribution in [1.29, 1.82) is 0 Å². The molecule has 2 atom stereocenters. The Bertz CT molecular complexity index is 234. The Morgan fingerprint density at radius 3 is 1.44 bits per heavy atom. The minimum absolute atomic E-state index is 0.0360. The Labute approximate surface area is 113 Å². The van der Waals surface area contributed by atoms with E-state index in [9.17, 15) is 10.2 Å². The summed E-state index contributed by atoms with van der Waals surface area (Å²) in [6, 6.07) is 0. The molecule has 18 heavy (non-hydrogen) atoms. The predicted octanol–water partition coefficient (Wildman–Crippen LogP) is 3.06. The SMILES string of the molecule is CC(C)[Si](OC1CC(O)C(O)C1)(C(C)C)C(C)C. The predicted molar refractivity (Wildman–Crippen MR) is 77.2 cm³/mol. The van der Waals surface area contributed by atoms with Crippen LogP contribution in [0.3, 0.4) is 0 Å². The van der Waals surface area contributed by atoms with Crippen LogP contribution >= 0.6 is 0 Å². The second-order valence-electron chi connectivity index (χ2n) is 6.66. The van der Waals surface area contributed by atoms with Gasteiger partial charge in [-0.15, -0.1) is 0 Å². The highest BCUT2D eigenvalue weighted by molar-refractivity contribution is 6.77. The van der Waals surface area contributed by atoms with Gasteiger partial charge >= 0.3 is 0 Å². The first kappa shape index (κ1) is 16.2. The highest BCUT2D eigenvalue weighted by Crippen LogP contribution is 2.44. The largest absolute Gasteiger partial charge is 0.413 e. The zero-order valence-corrected chi connectivity index (χ0v) is 13.7. The van der Waals surface area contributed by atoms with Gasteiger partial charge in [-0.05, 0) is 16.6 Å². The minimum atomic E-state index is -1.87. The lowest BCUT2D eigenvalue weighted by atomic mass is 10.3. The first-order chi connectivity index (χ1) is 8.21. The molecule has 0 aromatic carbocycles. The Balaban J connectivity index is 2.86. The number of aliphatic hydroxyl groups is 2. The summed E-state index contributed by atoms with van der Waals surface area (Å²) in [7, 11) is -1.87. The molecule has 2 N–H and O–H groups in total. The monoisotopic (exact) mass is 274 g/mol. The molecule has 1 aliphatic rings. The van der Waals surface area contributed by atoms with Gasteiger partial charge in [-0.1, -0.05) is 41.5 Å². The Morgan fingerprint density at radius 2 is 1.17 bits per heavy atom. The quantitative estimate of drug-likeness (QED) is 0.758. The average Bonchev–Trinajstić information content (AvgIpc) is 2.53. The van der Waals surface area contributed by atoms with Crippen LogP contribution in [0.15, 0.2) is 0 Å². The molecule has 0 spiro atoms. The van der Waals surface area contributed by atoms with Gasteiger partial charge in [0.05, 0.1) is 18.3 Å². The van der Waals surface area contributed by atoms with E-state index in [1.807, 2.05) is 0 Å². The van der Waals surface area contributed by atoms with Crippen molar-refractivity contribution in [3.63, 3.8) is 0 Å². The molecule has 108 valence electrons. The zero-order chi connectivity index (χ0) is 14.1. The smallest absolute Gasteiger partial charge is 0.200 e. The third kappa shape index (κ3) is 2.98. The van der Waals surface area contributed by atoms with Crippen molar-refractivity contribution < 1.29 is 14.6 Å². The van der Waals surface area contributed by atoms with E-state index in [0.29, 0.717) is 29.5 Å². The van der Waals surface area contributed by atoms with Crippen LogP contribution in [0.1, 0.15) is 54.4 Å². The van der Waals surface area contributed by atoms with Gasteiger partial charge in [-0.2, -0.15) is 0 Å².